The zero-order valence-electron chi connectivity index (χ0n) is 18.0. The molecule has 0 spiro atoms. The third-order valence-electron chi connectivity index (χ3n) is 4.77. The van der Waals surface area contributed by atoms with Crippen molar-refractivity contribution in [2.24, 2.45) is 10.2 Å². The molecule has 1 N–H and O–H groups in total. The molecular formula is C24H21ClN5O4+. The summed E-state index contributed by atoms with van der Waals surface area (Å²) in [4.78, 5) is 28.2. The van der Waals surface area contributed by atoms with Gasteiger partial charge >= 0.3 is 11.7 Å². The van der Waals surface area contributed by atoms with E-state index in [4.69, 9.17) is 21.7 Å². The average molecular weight is 479 g/mol. The molecular weight excluding hydrogens is 458 g/mol. The van der Waals surface area contributed by atoms with Crippen LogP contribution in [-0.4, -0.2) is 42.6 Å². The third kappa shape index (κ3) is 6.93. The number of aliphatic hydroxyl groups is 1. The first kappa shape index (κ1) is 24.5. The van der Waals surface area contributed by atoms with Crippen molar-refractivity contribution in [2.75, 3.05) is 31.2 Å². The van der Waals surface area contributed by atoms with Gasteiger partial charge in [0, 0.05) is 29.9 Å². The van der Waals surface area contributed by atoms with Crippen LogP contribution in [0.1, 0.15) is 20.7 Å². The molecule has 0 bridgehead atoms. The van der Waals surface area contributed by atoms with Crippen LogP contribution in [0.25, 0.3) is 4.98 Å². The van der Waals surface area contributed by atoms with Crippen molar-refractivity contribution in [1.82, 2.24) is 0 Å². The Morgan fingerprint density at radius 2 is 1.44 bits per heavy atom. The summed E-state index contributed by atoms with van der Waals surface area (Å²) in [7, 11) is 0. The van der Waals surface area contributed by atoms with Crippen molar-refractivity contribution < 1.29 is 19.4 Å². The molecule has 172 valence electrons. The molecule has 3 aromatic rings. The number of rotatable bonds is 10. The van der Waals surface area contributed by atoms with E-state index in [-0.39, 0.29) is 13.2 Å². The number of aliphatic hydroxyl groups excluding tert-OH is 1. The second kappa shape index (κ2) is 12.2. The average Bonchev–Trinajstić information content (AvgIpc) is 2.87. The van der Waals surface area contributed by atoms with E-state index in [1.165, 1.54) is 24.3 Å². The Hall–Kier alpha value is -4.13. The number of diazo groups is 1. The summed E-state index contributed by atoms with van der Waals surface area (Å²) in [6.45, 7) is 0.787. The fraction of sp³-hybridized carbons (Fsp3) is 0.167. The Morgan fingerprint density at radius 1 is 0.882 bits per heavy atom. The molecule has 0 atom stereocenters. The summed E-state index contributed by atoms with van der Waals surface area (Å²) in [5.41, 5.74) is 3.09. The van der Waals surface area contributed by atoms with E-state index >= 15 is 0 Å². The molecule has 9 nitrogen and oxygen atoms in total. The van der Waals surface area contributed by atoms with Gasteiger partial charge in [-0.3, -0.25) is 4.79 Å². The highest BCUT2D eigenvalue weighted by molar-refractivity contribution is 6.67. The molecule has 0 unspecified atom stereocenters. The number of hydrogen-bond acceptors (Lipinski definition) is 8. The van der Waals surface area contributed by atoms with E-state index in [1.54, 1.807) is 36.4 Å². The summed E-state index contributed by atoms with van der Waals surface area (Å²) >= 11 is 5.43. The van der Waals surface area contributed by atoms with Gasteiger partial charge < -0.3 is 14.7 Å². The van der Waals surface area contributed by atoms with Gasteiger partial charge in [0.05, 0.1) is 30.1 Å². The van der Waals surface area contributed by atoms with Crippen molar-refractivity contribution >= 4 is 45.6 Å². The Morgan fingerprint density at radius 3 is 1.97 bits per heavy atom. The predicted octanol–water partition coefficient (Wildman–Crippen LogP) is 5.62. The lowest BCUT2D eigenvalue weighted by molar-refractivity contribution is 0.0514. The maximum atomic E-state index is 12.2. The van der Waals surface area contributed by atoms with Gasteiger partial charge in [0.1, 0.15) is 6.61 Å². The number of hydrogen-bond donors (Lipinski definition) is 1. The largest absolute Gasteiger partial charge is 0.460 e. The number of halogens is 1. The minimum Gasteiger partial charge on any atom is -0.460 e. The van der Waals surface area contributed by atoms with Gasteiger partial charge in [-0.2, -0.15) is 10.2 Å². The van der Waals surface area contributed by atoms with E-state index in [0.717, 1.165) is 5.69 Å². The molecule has 0 aliphatic heterocycles. The quantitative estimate of drug-likeness (QED) is 0.175. The van der Waals surface area contributed by atoms with Gasteiger partial charge in [0.25, 0.3) is 5.24 Å². The number of carbonyl (C=O) groups excluding carboxylic acids is 2. The molecule has 3 rings (SSSR count). The molecule has 0 aliphatic rings. The van der Waals surface area contributed by atoms with Crippen molar-refractivity contribution in [1.29, 1.82) is 5.39 Å². The molecule has 0 aliphatic carbocycles. The van der Waals surface area contributed by atoms with Crippen molar-refractivity contribution in [3.8, 4) is 0 Å². The Balaban J connectivity index is 1.57. The van der Waals surface area contributed by atoms with Crippen LogP contribution in [0.3, 0.4) is 0 Å². The van der Waals surface area contributed by atoms with Crippen LogP contribution in [0, 0.1) is 5.39 Å². The van der Waals surface area contributed by atoms with Crippen LogP contribution < -0.4 is 4.90 Å². The minimum atomic E-state index is -0.533. The van der Waals surface area contributed by atoms with Crippen LogP contribution >= 0.6 is 11.6 Å². The summed E-state index contributed by atoms with van der Waals surface area (Å²) in [5.74, 6) is -0.493. The van der Waals surface area contributed by atoms with Crippen molar-refractivity contribution in [3.63, 3.8) is 0 Å². The smallest absolute Gasteiger partial charge is 0.385 e. The fourth-order valence-corrected chi connectivity index (χ4v) is 3.12. The van der Waals surface area contributed by atoms with Crippen LogP contribution in [0.4, 0.5) is 22.7 Å². The second-order valence-electron chi connectivity index (χ2n) is 7.03. The number of carbonyl (C=O) groups is 2. The lowest BCUT2D eigenvalue weighted by atomic mass is 10.2. The maximum Gasteiger partial charge on any atom is 0.385 e. The molecule has 0 fully saturated rings. The number of anilines is 1. The minimum absolute atomic E-state index is 0.0671. The van der Waals surface area contributed by atoms with Crippen molar-refractivity contribution in [3.05, 3.63) is 88.9 Å². The Labute approximate surface area is 200 Å². The van der Waals surface area contributed by atoms with Crippen LogP contribution in [0.5, 0.6) is 0 Å². The molecule has 0 saturated carbocycles. The van der Waals surface area contributed by atoms with Gasteiger partial charge in [-0.1, -0.05) is 0 Å². The molecule has 0 aromatic heterocycles. The van der Waals surface area contributed by atoms with Gasteiger partial charge in [0.2, 0.25) is 5.39 Å². The first-order chi connectivity index (χ1) is 16.5. The van der Waals surface area contributed by atoms with E-state index in [0.29, 0.717) is 41.3 Å². The predicted molar refractivity (Wildman–Crippen MR) is 128 cm³/mol. The van der Waals surface area contributed by atoms with Crippen LogP contribution in [-0.2, 0) is 4.74 Å². The number of azo groups is 1. The van der Waals surface area contributed by atoms with Crippen LogP contribution in [0.2, 0.25) is 0 Å². The van der Waals surface area contributed by atoms with Crippen molar-refractivity contribution in [2.45, 2.75) is 0 Å². The fourth-order valence-electron chi connectivity index (χ4n) is 2.99. The lowest BCUT2D eigenvalue weighted by Crippen LogP contribution is -2.31. The number of nitrogens with zero attached hydrogens (tertiary/aromatic N) is 5. The highest BCUT2D eigenvalue weighted by Crippen LogP contribution is 2.23. The summed E-state index contributed by atoms with van der Waals surface area (Å²) < 4.78 is 5.32. The Bertz CT molecular complexity index is 1190. The second-order valence-corrected chi connectivity index (χ2v) is 7.37. The Kier molecular flexibility index (Phi) is 8.80. The third-order valence-corrected chi connectivity index (χ3v) is 4.99. The molecule has 0 amide bonds. The standard InChI is InChI=1S/C24H21ClN5O4/c25-23(32)17-1-7-20(8-2-17)28-29-21-9-11-22(12-10-21)30(13-15-31)14-16-34-24(33)18-3-5-19(27-26)6-4-18/h1-12,31H,13-16H2/q+1. The molecule has 3 aromatic carbocycles. The highest BCUT2D eigenvalue weighted by atomic mass is 35.5. The first-order valence-corrected chi connectivity index (χ1v) is 10.7. The summed E-state index contributed by atoms with van der Waals surface area (Å²) in [6, 6.07) is 19.7. The molecule has 0 saturated heterocycles. The van der Waals surface area contributed by atoms with Gasteiger partial charge in [-0.05, 0) is 72.3 Å². The van der Waals surface area contributed by atoms with Crippen LogP contribution in [0.15, 0.2) is 83.0 Å². The van der Waals surface area contributed by atoms with E-state index in [9.17, 15) is 14.7 Å². The summed E-state index contributed by atoms with van der Waals surface area (Å²) in [6.07, 6.45) is 0. The highest BCUT2D eigenvalue weighted by Gasteiger charge is 2.12. The van der Waals surface area contributed by atoms with E-state index in [2.05, 4.69) is 15.2 Å². The maximum absolute atomic E-state index is 12.2. The zero-order chi connectivity index (χ0) is 24.3. The lowest BCUT2D eigenvalue weighted by Gasteiger charge is -2.23. The number of esters is 1. The van der Waals surface area contributed by atoms with E-state index < -0.39 is 11.2 Å². The zero-order valence-corrected chi connectivity index (χ0v) is 18.8. The normalized spacial score (nSPS) is 10.6. The SMILES string of the molecule is N#[N+]c1ccc(C(=O)OCCN(CCO)c2ccc(N=Nc3ccc(C(=O)Cl)cc3)cc2)cc1. The topological polar surface area (TPSA) is 120 Å². The number of benzene rings is 3. The molecule has 10 heteroatoms. The molecule has 0 radical (unpaired) electrons. The van der Waals surface area contributed by atoms with Gasteiger partial charge in [-0.25, -0.2) is 4.79 Å². The summed E-state index contributed by atoms with van der Waals surface area (Å²) in [5, 5.41) is 25.9. The number of ether oxygens (including phenoxy) is 1. The molecule has 34 heavy (non-hydrogen) atoms. The monoisotopic (exact) mass is 478 g/mol. The van der Waals surface area contributed by atoms with E-state index in [1.807, 2.05) is 17.0 Å². The first-order valence-electron chi connectivity index (χ1n) is 10.3. The molecule has 0 heterocycles. The van der Waals surface area contributed by atoms with Gasteiger partial charge in [0.15, 0.2) is 4.98 Å². The van der Waals surface area contributed by atoms with Gasteiger partial charge in [-0.15, -0.1) is 0 Å².